The Morgan fingerprint density at radius 2 is 1.85 bits per heavy atom. The number of carbonyl (C=O) groups is 2. The number of carbonyl (C=O) groups excluding carboxylic acids is 2. The highest BCUT2D eigenvalue weighted by atomic mass is 16.2. The van der Waals surface area contributed by atoms with Crippen molar-refractivity contribution in [3.05, 3.63) is 23.8 Å². The molecule has 0 bridgehead atoms. The Morgan fingerprint density at radius 1 is 1.12 bits per heavy atom. The molecule has 0 aromatic heterocycles. The maximum Gasteiger partial charge on any atom is 0.253 e. The zero-order chi connectivity index (χ0) is 18.9. The number of nitrogens with one attached hydrogen (secondary N) is 2. The second-order valence-electron chi connectivity index (χ2n) is 7.44. The van der Waals surface area contributed by atoms with Crippen molar-refractivity contribution in [3.63, 3.8) is 0 Å². The molecule has 26 heavy (non-hydrogen) atoms. The Labute approximate surface area is 157 Å². The number of amides is 2. The SMILES string of the molecule is CCCCCC(=O)Nc1ccc(N(C)C)c(C(=O)NC2CCCCC2)c1. The van der Waals surface area contributed by atoms with E-state index in [1.165, 1.54) is 19.3 Å². The van der Waals surface area contributed by atoms with Crippen LogP contribution in [0.4, 0.5) is 11.4 Å². The van der Waals surface area contributed by atoms with Crippen molar-refractivity contribution >= 4 is 23.2 Å². The van der Waals surface area contributed by atoms with Crippen molar-refractivity contribution in [2.75, 3.05) is 24.3 Å². The van der Waals surface area contributed by atoms with Gasteiger partial charge in [-0.1, -0.05) is 39.0 Å². The molecule has 2 N–H and O–H groups in total. The molecule has 0 aliphatic heterocycles. The van der Waals surface area contributed by atoms with Crippen molar-refractivity contribution in [2.24, 2.45) is 0 Å². The number of rotatable bonds is 8. The highest BCUT2D eigenvalue weighted by molar-refractivity contribution is 6.02. The molecule has 2 amide bonds. The number of anilines is 2. The molecular formula is C21H33N3O2. The van der Waals surface area contributed by atoms with Gasteiger partial charge in [0.25, 0.3) is 5.91 Å². The zero-order valence-electron chi connectivity index (χ0n) is 16.4. The van der Waals surface area contributed by atoms with Gasteiger partial charge < -0.3 is 15.5 Å². The Bertz CT molecular complexity index is 607. The molecule has 0 saturated heterocycles. The minimum absolute atomic E-state index is 0.00897. The molecule has 1 aromatic rings. The standard InChI is InChI=1S/C21H33N3O2/c1-4-5-7-12-20(25)22-17-13-14-19(24(2)3)18(15-17)21(26)23-16-10-8-6-9-11-16/h13-16H,4-12H2,1-3H3,(H,22,25)(H,23,26). The van der Waals surface area contributed by atoms with Gasteiger partial charge in [0, 0.05) is 37.9 Å². The molecule has 2 rings (SSSR count). The first-order valence-corrected chi connectivity index (χ1v) is 9.93. The summed E-state index contributed by atoms with van der Waals surface area (Å²) in [5.74, 6) is -0.0441. The first-order chi connectivity index (χ1) is 12.5. The van der Waals surface area contributed by atoms with E-state index in [0.717, 1.165) is 37.8 Å². The lowest BCUT2D eigenvalue weighted by Crippen LogP contribution is -2.36. The van der Waals surface area contributed by atoms with Crippen LogP contribution in [0.1, 0.15) is 75.1 Å². The molecule has 1 aromatic carbocycles. The molecule has 1 saturated carbocycles. The van der Waals surface area contributed by atoms with E-state index in [1.807, 2.05) is 31.1 Å². The summed E-state index contributed by atoms with van der Waals surface area (Å²) in [7, 11) is 3.85. The van der Waals surface area contributed by atoms with E-state index in [9.17, 15) is 9.59 Å². The number of benzene rings is 1. The van der Waals surface area contributed by atoms with Crippen LogP contribution in [0.5, 0.6) is 0 Å². The second kappa shape index (κ2) is 10.2. The van der Waals surface area contributed by atoms with Gasteiger partial charge in [0.2, 0.25) is 5.91 Å². The fourth-order valence-electron chi connectivity index (χ4n) is 3.45. The highest BCUT2D eigenvalue weighted by Crippen LogP contribution is 2.25. The number of hydrogen-bond acceptors (Lipinski definition) is 3. The van der Waals surface area contributed by atoms with E-state index >= 15 is 0 Å². The lowest BCUT2D eigenvalue weighted by Gasteiger charge is -2.24. The van der Waals surface area contributed by atoms with Crippen LogP contribution in [0.2, 0.25) is 0 Å². The van der Waals surface area contributed by atoms with Gasteiger partial charge in [0.1, 0.15) is 0 Å². The van der Waals surface area contributed by atoms with Crippen LogP contribution in [0.25, 0.3) is 0 Å². The van der Waals surface area contributed by atoms with E-state index in [4.69, 9.17) is 0 Å². The van der Waals surface area contributed by atoms with Crippen molar-refractivity contribution in [2.45, 2.75) is 70.8 Å². The van der Waals surface area contributed by atoms with Gasteiger partial charge in [-0.25, -0.2) is 0 Å². The topological polar surface area (TPSA) is 61.4 Å². The summed E-state index contributed by atoms with van der Waals surface area (Å²) in [6.07, 6.45) is 9.29. The predicted molar refractivity (Wildman–Crippen MR) is 108 cm³/mol. The molecule has 0 spiro atoms. The largest absolute Gasteiger partial charge is 0.377 e. The van der Waals surface area contributed by atoms with E-state index in [0.29, 0.717) is 17.7 Å². The quantitative estimate of drug-likeness (QED) is 0.679. The fraction of sp³-hybridized carbons (Fsp3) is 0.619. The Kier molecular flexibility index (Phi) is 7.95. The third-order valence-electron chi connectivity index (χ3n) is 4.95. The monoisotopic (exact) mass is 359 g/mol. The summed E-state index contributed by atoms with van der Waals surface area (Å²) in [6.45, 7) is 2.12. The molecule has 0 radical (unpaired) electrons. The van der Waals surface area contributed by atoms with E-state index in [-0.39, 0.29) is 17.9 Å². The first-order valence-electron chi connectivity index (χ1n) is 9.93. The van der Waals surface area contributed by atoms with Crippen LogP contribution >= 0.6 is 0 Å². The first kappa shape index (κ1) is 20.3. The summed E-state index contributed by atoms with van der Waals surface area (Å²) in [5, 5.41) is 6.10. The van der Waals surface area contributed by atoms with Crippen LogP contribution in [0.15, 0.2) is 18.2 Å². The minimum Gasteiger partial charge on any atom is -0.377 e. The highest BCUT2D eigenvalue weighted by Gasteiger charge is 2.20. The Balaban J connectivity index is 2.08. The summed E-state index contributed by atoms with van der Waals surface area (Å²) in [5.41, 5.74) is 2.17. The van der Waals surface area contributed by atoms with Crippen LogP contribution in [0, 0.1) is 0 Å². The smallest absolute Gasteiger partial charge is 0.253 e. The summed E-state index contributed by atoms with van der Waals surface area (Å²) < 4.78 is 0. The zero-order valence-corrected chi connectivity index (χ0v) is 16.4. The molecule has 1 fully saturated rings. The van der Waals surface area contributed by atoms with Crippen molar-refractivity contribution in [3.8, 4) is 0 Å². The lowest BCUT2D eigenvalue weighted by atomic mass is 9.95. The van der Waals surface area contributed by atoms with Crippen molar-refractivity contribution in [1.82, 2.24) is 5.32 Å². The van der Waals surface area contributed by atoms with Gasteiger partial charge in [0.05, 0.1) is 5.56 Å². The molecular weight excluding hydrogens is 326 g/mol. The van der Waals surface area contributed by atoms with Crippen LogP contribution in [0.3, 0.4) is 0 Å². The number of unbranched alkanes of at least 4 members (excludes halogenated alkanes) is 2. The average Bonchev–Trinajstić information content (AvgIpc) is 2.62. The van der Waals surface area contributed by atoms with Gasteiger partial charge in [-0.2, -0.15) is 0 Å². The van der Waals surface area contributed by atoms with Crippen LogP contribution < -0.4 is 15.5 Å². The van der Waals surface area contributed by atoms with E-state index < -0.39 is 0 Å². The molecule has 1 aliphatic carbocycles. The maximum atomic E-state index is 12.8. The molecule has 5 nitrogen and oxygen atoms in total. The summed E-state index contributed by atoms with van der Waals surface area (Å²) in [4.78, 5) is 26.9. The predicted octanol–water partition coefficient (Wildman–Crippen LogP) is 4.33. The molecule has 5 heteroatoms. The van der Waals surface area contributed by atoms with Gasteiger partial charge in [-0.15, -0.1) is 0 Å². The molecule has 0 unspecified atom stereocenters. The van der Waals surface area contributed by atoms with Gasteiger partial charge in [-0.3, -0.25) is 9.59 Å². The average molecular weight is 360 g/mol. The Morgan fingerprint density at radius 3 is 2.50 bits per heavy atom. The van der Waals surface area contributed by atoms with E-state index in [1.54, 1.807) is 6.07 Å². The molecule has 1 aliphatic rings. The Hall–Kier alpha value is -2.04. The minimum atomic E-state index is -0.0531. The number of hydrogen-bond donors (Lipinski definition) is 2. The van der Waals surface area contributed by atoms with E-state index in [2.05, 4.69) is 17.6 Å². The molecule has 0 heterocycles. The molecule has 144 valence electrons. The summed E-state index contributed by atoms with van der Waals surface area (Å²) in [6, 6.07) is 5.83. The third-order valence-corrected chi connectivity index (χ3v) is 4.95. The maximum absolute atomic E-state index is 12.8. The van der Waals surface area contributed by atoms with Crippen LogP contribution in [-0.2, 0) is 4.79 Å². The normalized spacial score (nSPS) is 14.7. The number of nitrogens with zero attached hydrogens (tertiary/aromatic N) is 1. The van der Waals surface area contributed by atoms with Gasteiger partial charge >= 0.3 is 0 Å². The fourth-order valence-corrected chi connectivity index (χ4v) is 3.45. The van der Waals surface area contributed by atoms with Crippen molar-refractivity contribution in [1.29, 1.82) is 0 Å². The van der Waals surface area contributed by atoms with Crippen molar-refractivity contribution < 1.29 is 9.59 Å². The van der Waals surface area contributed by atoms with Crippen LogP contribution in [-0.4, -0.2) is 32.0 Å². The van der Waals surface area contributed by atoms with Gasteiger partial charge in [-0.05, 0) is 37.5 Å². The molecule has 0 atom stereocenters. The lowest BCUT2D eigenvalue weighted by molar-refractivity contribution is -0.116. The summed E-state index contributed by atoms with van der Waals surface area (Å²) >= 11 is 0. The van der Waals surface area contributed by atoms with Gasteiger partial charge in [0.15, 0.2) is 0 Å². The third kappa shape index (κ3) is 6.04. The second-order valence-corrected chi connectivity index (χ2v) is 7.44.